The fourth-order valence-electron chi connectivity index (χ4n) is 1.82. The monoisotopic (exact) mass is 275 g/mol. The topological polar surface area (TPSA) is 74.4 Å². The van der Waals surface area contributed by atoms with E-state index in [1.165, 1.54) is 4.90 Å². The highest BCUT2D eigenvalue weighted by atomic mass is 16.5. The van der Waals surface area contributed by atoms with Crippen molar-refractivity contribution < 1.29 is 9.53 Å². The van der Waals surface area contributed by atoms with Crippen LogP contribution in [0.4, 0.5) is 4.79 Å². The van der Waals surface area contributed by atoms with E-state index in [1.807, 2.05) is 6.07 Å². The quantitative estimate of drug-likeness (QED) is 0.887. The number of carbonyl (C=O) groups is 1. The van der Waals surface area contributed by atoms with Crippen molar-refractivity contribution in [3.05, 3.63) is 40.2 Å². The van der Waals surface area contributed by atoms with E-state index in [2.05, 4.69) is 10.3 Å². The number of hydrogen-bond acceptors (Lipinski definition) is 3. The number of H-pyrrole nitrogens is 1. The predicted molar refractivity (Wildman–Crippen MR) is 77.0 cm³/mol. The maximum absolute atomic E-state index is 11.9. The summed E-state index contributed by atoms with van der Waals surface area (Å²) in [5.74, 6) is 0.716. The van der Waals surface area contributed by atoms with Gasteiger partial charge in [-0.2, -0.15) is 0 Å². The van der Waals surface area contributed by atoms with Gasteiger partial charge in [0.15, 0.2) is 0 Å². The SMILES string of the molecule is COc1ccc2[nH]c(=O)c(CNC(=O)N(C)C)cc2c1. The summed E-state index contributed by atoms with van der Waals surface area (Å²) in [5.41, 5.74) is 1.03. The zero-order valence-electron chi connectivity index (χ0n) is 11.7. The Morgan fingerprint density at radius 2 is 2.10 bits per heavy atom. The summed E-state index contributed by atoms with van der Waals surface area (Å²) >= 11 is 0. The van der Waals surface area contributed by atoms with Crippen LogP contribution in [-0.4, -0.2) is 37.1 Å². The summed E-state index contributed by atoms with van der Waals surface area (Å²) in [6, 6.07) is 6.92. The van der Waals surface area contributed by atoms with Crippen molar-refractivity contribution in [2.24, 2.45) is 0 Å². The first-order valence-corrected chi connectivity index (χ1v) is 6.16. The third-order valence-corrected chi connectivity index (χ3v) is 2.96. The average Bonchev–Trinajstić information content (AvgIpc) is 2.44. The zero-order chi connectivity index (χ0) is 14.7. The molecule has 0 fully saturated rings. The number of fused-ring (bicyclic) bond motifs is 1. The highest BCUT2D eigenvalue weighted by Gasteiger charge is 2.07. The molecule has 2 N–H and O–H groups in total. The Labute approximate surface area is 116 Å². The molecule has 6 nitrogen and oxygen atoms in total. The van der Waals surface area contributed by atoms with Gasteiger partial charge >= 0.3 is 6.03 Å². The number of methoxy groups -OCH3 is 1. The van der Waals surface area contributed by atoms with Crippen molar-refractivity contribution in [3.63, 3.8) is 0 Å². The molecule has 0 saturated heterocycles. The number of nitrogens with one attached hydrogen (secondary N) is 2. The maximum Gasteiger partial charge on any atom is 0.317 e. The highest BCUT2D eigenvalue weighted by molar-refractivity contribution is 5.80. The summed E-state index contributed by atoms with van der Waals surface area (Å²) in [4.78, 5) is 27.6. The lowest BCUT2D eigenvalue weighted by molar-refractivity contribution is 0.217. The number of nitrogens with zero attached hydrogens (tertiary/aromatic N) is 1. The molecule has 0 radical (unpaired) electrons. The van der Waals surface area contributed by atoms with E-state index in [4.69, 9.17) is 4.74 Å². The molecule has 0 bridgehead atoms. The van der Waals surface area contributed by atoms with Crippen molar-refractivity contribution in [2.75, 3.05) is 21.2 Å². The van der Waals surface area contributed by atoms with Crippen LogP contribution in [0.3, 0.4) is 0 Å². The minimum Gasteiger partial charge on any atom is -0.497 e. The van der Waals surface area contributed by atoms with Crippen molar-refractivity contribution in [1.82, 2.24) is 15.2 Å². The van der Waals surface area contributed by atoms with Gasteiger partial charge in [0.25, 0.3) is 5.56 Å². The van der Waals surface area contributed by atoms with Crippen LogP contribution in [0.15, 0.2) is 29.1 Å². The smallest absolute Gasteiger partial charge is 0.317 e. The molecule has 0 saturated carbocycles. The third-order valence-electron chi connectivity index (χ3n) is 2.96. The zero-order valence-corrected chi connectivity index (χ0v) is 11.7. The van der Waals surface area contributed by atoms with Crippen molar-refractivity contribution in [3.8, 4) is 5.75 Å². The lowest BCUT2D eigenvalue weighted by Crippen LogP contribution is -2.35. The number of rotatable bonds is 3. The molecule has 0 aliphatic rings. The molecule has 1 heterocycles. The Balaban J connectivity index is 2.31. The Kier molecular flexibility index (Phi) is 3.93. The number of benzene rings is 1. The molecule has 6 heteroatoms. The Morgan fingerprint density at radius 1 is 1.35 bits per heavy atom. The minimum absolute atomic E-state index is 0.180. The number of pyridine rings is 1. The molecular weight excluding hydrogens is 258 g/mol. The van der Waals surface area contributed by atoms with Crippen molar-refractivity contribution in [2.45, 2.75) is 6.54 Å². The van der Waals surface area contributed by atoms with Crippen LogP contribution in [0.1, 0.15) is 5.56 Å². The van der Waals surface area contributed by atoms with Gasteiger partial charge in [0.1, 0.15) is 5.75 Å². The van der Waals surface area contributed by atoms with Gasteiger partial charge in [-0.1, -0.05) is 0 Å². The van der Waals surface area contributed by atoms with Gasteiger partial charge in [-0.15, -0.1) is 0 Å². The summed E-state index contributed by atoms with van der Waals surface area (Å²) in [7, 11) is 4.88. The van der Waals surface area contributed by atoms with Gasteiger partial charge in [0.05, 0.1) is 7.11 Å². The Bertz CT molecular complexity index is 692. The average molecular weight is 275 g/mol. The molecular formula is C14H17N3O3. The second-order valence-corrected chi connectivity index (χ2v) is 4.63. The van der Waals surface area contributed by atoms with E-state index >= 15 is 0 Å². The molecule has 2 aromatic rings. The lowest BCUT2D eigenvalue weighted by atomic mass is 10.1. The summed E-state index contributed by atoms with van der Waals surface area (Å²) in [5, 5.41) is 3.53. The van der Waals surface area contributed by atoms with E-state index in [0.717, 1.165) is 10.9 Å². The highest BCUT2D eigenvalue weighted by Crippen LogP contribution is 2.18. The lowest BCUT2D eigenvalue weighted by Gasteiger charge is -2.12. The van der Waals surface area contributed by atoms with E-state index in [-0.39, 0.29) is 18.1 Å². The number of aromatic nitrogens is 1. The standard InChI is InChI=1S/C14H17N3O3/c1-17(2)14(19)15-8-10-6-9-7-11(20-3)4-5-12(9)16-13(10)18/h4-7H,8H2,1-3H3,(H,15,19)(H,16,18). The molecule has 0 aliphatic heterocycles. The first-order valence-electron chi connectivity index (χ1n) is 6.16. The number of aromatic amines is 1. The number of ether oxygens (including phenoxy) is 1. The Hall–Kier alpha value is -2.50. The molecule has 0 unspecified atom stereocenters. The number of amides is 2. The fourth-order valence-corrected chi connectivity index (χ4v) is 1.82. The summed E-state index contributed by atoms with van der Waals surface area (Å²) in [6.45, 7) is 0.180. The largest absolute Gasteiger partial charge is 0.497 e. The fraction of sp³-hybridized carbons (Fsp3) is 0.286. The molecule has 1 aromatic carbocycles. The van der Waals surface area contributed by atoms with Crippen molar-refractivity contribution >= 4 is 16.9 Å². The normalized spacial score (nSPS) is 10.3. The number of urea groups is 1. The van der Waals surface area contributed by atoms with Gasteiger partial charge in [-0.25, -0.2) is 4.79 Å². The number of carbonyl (C=O) groups excluding carboxylic acids is 1. The molecule has 0 spiro atoms. The third kappa shape index (κ3) is 2.90. The van der Waals surface area contributed by atoms with Crippen LogP contribution in [-0.2, 0) is 6.54 Å². The summed E-state index contributed by atoms with van der Waals surface area (Å²) in [6.07, 6.45) is 0. The van der Waals surface area contributed by atoms with Crippen LogP contribution >= 0.6 is 0 Å². The molecule has 0 aliphatic carbocycles. The number of hydrogen-bond donors (Lipinski definition) is 2. The van der Waals surface area contributed by atoms with Crippen LogP contribution < -0.4 is 15.6 Å². The predicted octanol–water partition coefficient (Wildman–Crippen LogP) is 1.31. The van der Waals surface area contributed by atoms with E-state index < -0.39 is 0 Å². The van der Waals surface area contributed by atoms with Crippen LogP contribution in [0.5, 0.6) is 5.75 Å². The second kappa shape index (κ2) is 5.64. The van der Waals surface area contributed by atoms with Gasteiger partial charge < -0.3 is 19.9 Å². The van der Waals surface area contributed by atoms with Crippen molar-refractivity contribution in [1.29, 1.82) is 0 Å². The second-order valence-electron chi connectivity index (χ2n) is 4.63. The van der Waals surface area contributed by atoms with E-state index in [0.29, 0.717) is 11.3 Å². The molecule has 20 heavy (non-hydrogen) atoms. The van der Waals surface area contributed by atoms with Gasteiger partial charge in [-0.3, -0.25) is 4.79 Å². The molecule has 1 aromatic heterocycles. The van der Waals surface area contributed by atoms with Gasteiger partial charge in [0.2, 0.25) is 0 Å². The van der Waals surface area contributed by atoms with Gasteiger partial charge in [-0.05, 0) is 24.3 Å². The van der Waals surface area contributed by atoms with E-state index in [1.54, 1.807) is 39.4 Å². The Morgan fingerprint density at radius 3 is 2.75 bits per heavy atom. The van der Waals surface area contributed by atoms with Crippen LogP contribution in [0.25, 0.3) is 10.9 Å². The minimum atomic E-state index is -0.241. The molecule has 0 atom stereocenters. The van der Waals surface area contributed by atoms with Crippen LogP contribution in [0.2, 0.25) is 0 Å². The molecule has 2 amide bonds. The first kappa shape index (κ1) is 13.9. The first-order chi connectivity index (χ1) is 9.51. The van der Waals surface area contributed by atoms with Gasteiger partial charge in [0, 0.05) is 37.1 Å². The maximum atomic E-state index is 11.9. The van der Waals surface area contributed by atoms with E-state index in [9.17, 15) is 9.59 Å². The van der Waals surface area contributed by atoms with Crippen LogP contribution in [0, 0.1) is 0 Å². The molecule has 2 rings (SSSR count). The summed E-state index contributed by atoms with van der Waals surface area (Å²) < 4.78 is 5.15. The molecule has 106 valence electrons.